The van der Waals surface area contributed by atoms with Gasteiger partial charge in [0.25, 0.3) is 5.91 Å². The van der Waals surface area contributed by atoms with Crippen molar-refractivity contribution < 1.29 is 9.18 Å². The minimum absolute atomic E-state index is 0.0450. The van der Waals surface area contributed by atoms with E-state index in [4.69, 9.17) is 5.73 Å². The monoisotopic (exact) mass is 386 g/mol. The summed E-state index contributed by atoms with van der Waals surface area (Å²) in [7, 11) is 0. The number of carbonyl (C=O) groups excluding carboxylic acids is 1. The van der Waals surface area contributed by atoms with Gasteiger partial charge in [0.1, 0.15) is 10.6 Å². The van der Waals surface area contributed by atoms with Gasteiger partial charge in [-0.15, -0.1) is 11.3 Å². The summed E-state index contributed by atoms with van der Waals surface area (Å²) in [6.45, 7) is 5.38. The highest BCUT2D eigenvalue weighted by Crippen LogP contribution is 2.32. The lowest BCUT2D eigenvalue weighted by atomic mass is 9.92. The first-order valence-electron chi connectivity index (χ1n) is 9.24. The molecule has 0 radical (unpaired) electrons. The molecule has 5 nitrogen and oxygen atoms in total. The average Bonchev–Trinajstić information content (AvgIpc) is 3.22. The molecular weight excluding hydrogens is 363 g/mol. The van der Waals surface area contributed by atoms with Crippen LogP contribution in [-0.4, -0.2) is 39.7 Å². The van der Waals surface area contributed by atoms with E-state index in [1.165, 1.54) is 23.5 Å². The van der Waals surface area contributed by atoms with Crippen molar-refractivity contribution in [3.63, 3.8) is 0 Å². The van der Waals surface area contributed by atoms with E-state index < -0.39 is 0 Å². The number of hydrogen-bond donors (Lipinski definition) is 1. The second-order valence-electron chi connectivity index (χ2n) is 7.32. The predicted molar refractivity (Wildman–Crippen MR) is 106 cm³/mol. The third-order valence-electron chi connectivity index (χ3n) is 5.34. The van der Waals surface area contributed by atoms with Gasteiger partial charge >= 0.3 is 0 Å². The van der Waals surface area contributed by atoms with Crippen LogP contribution < -0.4 is 5.73 Å². The first-order chi connectivity index (χ1) is 13.0. The average molecular weight is 386 g/mol. The Morgan fingerprint density at radius 3 is 2.81 bits per heavy atom. The van der Waals surface area contributed by atoms with Crippen LogP contribution in [0.1, 0.15) is 35.1 Å². The van der Waals surface area contributed by atoms with Gasteiger partial charge in [0, 0.05) is 24.5 Å². The largest absolute Gasteiger partial charge is 0.334 e. The number of piperidine rings is 1. The molecule has 3 heterocycles. The zero-order valence-electron chi connectivity index (χ0n) is 15.5. The molecule has 1 amide bonds. The van der Waals surface area contributed by atoms with E-state index in [0.29, 0.717) is 17.3 Å². The Morgan fingerprint density at radius 2 is 2.11 bits per heavy atom. The van der Waals surface area contributed by atoms with Crippen LogP contribution in [0.3, 0.4) is 0 Å². The number of carbonyl (C=O) groups is 1. The fourth-order valence-electron chi connectivity index (χ4n) is 3.79. The number of halogens is 1. The number of hydrogen-bond acceptors (Lipinski definition) is 4. The van der Waals surface area contributed by atoms with Crippen molar-refractivity contribution in [2.75, 3.05) is 13.1 Å². The lowest BCUT2D eigenvalue weighted by Crippen LogP contribution is -2.49. The Labute approximate surface area is 161 Å². The minimum Gasteiger partial charge on any atom is -0.334 e. The number of nitrogens with two attached hydrogens (primary N) is 1. The van der Waals surface area contributed by atoms with E-state index in [1.807, 2.05) is 17.9 Å². The van der Waals surface area contributed by atoms with E-state index >= 15 is 0 Å². The van der Waals surface area contributed by atoms with Gasteiger partial charge in [0.2, 0.25) is 0 Å². The van der Waals surface area contributed by atoms with Crippen LogP contribution >= 0.6 is 11.3 Å². The highest BCUT2D eigenvalue weighted by Gasteiger charge is 2.31. The molecule has 0 bridgehead atoms. The van der Waals surface area contributed by atoms with Crippen molar-refractivity contribution in [3.8, 4) is 5.69 Å². The Bertz CT molecular complexity index is 978. The number of fused-ring (bicyclic) bond motifs is 1. The van der Waals surface area contributed by atoms with Gasteiger partial charge in [0.15, 0.2) is 0 Å². The van der Waals surface area contributed by atoms with Gasteiger partial charge in [-0.1, -0.05) is 6.92 Å². The van der Waals surface area contributed by atoms with Crippen LogP contribution in [-0.2, 0) is 0 Å². The second-order valence-corrected chi connectivity index (χ2v) is 8.35. The highest BCUT2D eigenvalue weighted by molar-refractivity contribution is 7.20. The number of aryl methyl sites for hydroxylation is 1. The summed E-state index contributed by atoms with van der Waals surface area (Å²) in [6.07, 6.45) is 1.96. The quantitative estimate of drug-likeness (QED) is 0.746. The van der Waals surface area contributed by atoms with Crippen LogP contribution in [0.25, 0.3) is 15.9 Å². The molecule has 0 spiro atoms. The van der Waals surface area contributed by atoms with Gasteiger partial charge < -0.3 is 10.6 Å². The van der Waals surface area contributed by atoms with E-state index in [2.05, 4.69) is 12.0 Å². The molecule has 142 valence electrons. The molecule has 3 aromatic rings. The molecule has 2 atom stereocenters. The standard InChI is InChI=1S/C20H23FN4OS/c1-12-7-8-24(16(9-12)11-22)19(26)18-10-17-13(2)23-25(20(17)27-18)15-5-3-14(21)4-6-15/h3-6,10,12,16H,7-9,11,22H2,1-2H3. The fraction of sp³-hybridized carbons (Fsp3) is 0.400. The summed E-state index contributed by atoms with van der Waals surface area (Å²) in [4.78, 5) is 16.7. The van der Waals surface area contributed by atoms with Crippen LogP contribution in [0, 0.1) is 18.7 Å². The Kier molecular flexibility index (Phi) is 4.74. The molecule has 1 aliphatic rings. The maximum atomic E-state index is 13.2. The zero-order chi connectivity index (χ0) is 19.1. The molecule has 2 N–H and O–H groups in total. The van der Waals surface area contributed by atoms with Crippen molar-refractivity contribution in [2.45, 2.75) is 32.7 Å². The topological polar surface area (TPSA) is 64.2 Å². The molecule has 7 heteroatoms. The van der Waals surface area contributed by atoms with Gasteiger partial charge in [-0.2, -0.15) is 5.10 Å². The number of nitrogens with zero attached hydrogens (tertiary/aromatic N) is 3. The Hall–Kier alpha value is -2.25. The zero-order valence-corrected chi connectivity index (χ0v) is 16.3. The summed E-state index contributed by atoms with van der Waals surface area (Å²) in [6, 6.07) is 8.24. The molecule has 1 aliphatic heterocycles. The van der Waals surface area contributed by atoms with Crippen molar-refractivity contribution in [2.24, 2.45) is 11.7 Å². The SMILES string of the molecule is Cc1nn(-c2ccc(F)cc2)c2sc(C(=O)N3CCC(C)CC3CN)cc12. The molecule has 27 heavy (non-hydrogen) atoms. The number of rotatable bonds is 3. The highest BCUT2D eigenvalue weighted by atomic mass is 32.1. The van der Waals surface area contributed by atoms with Crippen molar-refractivity contribution in [1.29, 1.82) is 0 Å². The summed E-state index contributed by atoms with van der Waals surface area (Å²) >= 11 is 1.43. The summed E-state index contributed by atoms with van der Waals surface area (Å²) < 4.78 is 15.0. The third kappa shape index (κ3) is 3.26. The molecule has 2 aromatic heterocycles. The van der Waals surface area contributed by atoms with Gasteiger partial charge in [0.05, 0.1) is 16.3 Å². The second kappa shape index (κ2) is 7.05. The maximum absolute atomic E-state index is 13.2. The lowest BCUT2D eigenvalue weighted by Gasteiger charge is -2.37. The van der Waals surface area contributed by atoms with Crippen molar-refractivity contribution in [3.05, 3.63) is 46.7 Å². The lowest BCUT2D eigenvalue weighted by molar-refractivity contribution is 0.0578. The molecule has 2 unspecified atom stereocenters. The number of aromatic nitrogens is 2. The number of benzene rings is 1. The van der Waals surface area contributed by atoms with Crippen LogP contribution in [0.5, 0.6) is 0 Å². The number of likely N-dealkylation sites (tertiary alicyclic amines) is 1. The van der Waals surface area contributed by atoms with Crippen molar-refractivity contribution >= 4 is 27.5 Å². The number of thiophene rings is 1. The van der Waals surface area contributed by atoms with E-state index in [1.54, 1.807) is 16.8 Å². The van der Waals surface area contributed by atoms with Crippen LogP contribution in [0.2, 0.25) is 0 Å². The smallest absolute Gasteiger partial charge is 0.264 e. The molecule has 1 aromatic carbocycles. The molecular formula is C20H23FN4OS. The van der Waals surface area contributed by atoms with E-state index in [-0.39, 0.29) is 17.8 Å². The first-order valence-corrected chi connectivity index (χ1v) is 10.1. The molecule has 4 rings (SSSR count). The fourth-order valence-corrected chi connectivity index (χ4v) is 4.93. The third-order valence-corrected chi connectivity index (χ3v) is 6.44. The van der Waals surface area contributed by atoms with E-state index in [0.717, 1.165) is 41.0 Å². The van der Waals surface area contributed by atoms with Gasteiger partial charge in [-0.3, -0.25) is 4.79 Å². The summed E-state index contributed by atoms with van der Waals surface area (Å²) in [5.74, 6) is 0.357. The van der Waals surface area contributed by atoms with E-state index in [9.17, 15) is 9.18 Å². The predicted octanol–water partition coefficient (Wildman–Crippen LogP) is 3.73. The minimum atomic E-state index is -0.284. The molecule has 0 aliphatic carbocycles. The number of amides is 1. The maximum Gasteiger partial charge on any atom is 0.264 e. The van der Waals surface area contributed by atoms with Crippen molar-refractivity contribution in [1.82, 2.24) is 14.7 Å². The van der Waals surface area contributed by atoms with Crippen LogP contribution in [0.4, 0.5) is 4.39 Å². The molecule has 1 fully saturated rings. The molecule has 1 saturated heterocycles. The normalized spacial score (nSPS) is 20.4. The van der Waals surface area contributed by atoms with Gasteiger partial charge in [-0.05, 0) is 56.0 Å². The summed E-state index contributed by atoms with van der Waals surface area (Å²) in [5.41, 5.74) is 7.56. The van der Waals surface area contributed by atoms with Gasteiger partial charge in [-0.25, -0.2) is 9.07 Å². The Balaban J connectivity index is 1.70. The summed E-state index contributed by atoms with van der Waals surface area (Å²) in [5, 5.41) is 5.52. The van der Waals surface area contributed by atoms with Crippen LogP contribution in [0.15, 0.2) is 30.3 Å². The Morgan fingerprint density at radius 1 is 1.37 bits per heavy atom. The molecule has 0 saturated carbocycles. The first kappa shape index (κ1) is 18.1.